The molecule has 1 amide bonds. The number of terminal acetylenes is 1. The first-order chi connectivity index (χ1) is 5.74. The molecule has 12 heavy (non-hydrogen) atoms. The number of nitrogens with zero attached hydrogens (tertiary/aromatic N) is 1. The number of hydrogen-bond acceptors (Lipinski definition) is 3. The molecule has 0 spiro atoms. The third-order valence-electron chi connectivity index (χ3n) is 1.29. The van der Waals surface area contributed by atoms with Gasteiger partial charge in [-0.3, -0.25) is 4.79 Å². The molecule has 0 aliphatic carbocycles. The molecule has 0 aromatic heterocycles. The monoisotopic (exact) mass is 230 g/mol. The Balaban J connectivity index is 2.32. The van der Waals surface area contributed by atoms with E-state index in [-0.39, 0.29) is 12.5 Å². The molecule has 0 aromatic carbocycles. The van der Waals surface area contributed by atoms with Gasteiger partial charge in [0.1, 0.15) is 4.62 Å². The van der Waals surface area contributed by atoms with Crippen molar-refractivity contribution < 1.29 is 9.63 Å². The largest absolute Gasteiger partial charge is 0.381 e. The minimum atomic E-state index is -0.535. The summed E-state index contributed by atoms with van der Waals surface area (Å²) in [5.41, 5.74) is 0. The van der Waals surface area contributed by atoms with Gasteiger partial charge < -0.3 is 10.2 Å². The predicted octanol–water partition coefficient (Wildman–Crippen LogP) is 0.233. The number of halogens is 1. The topological polar surface area (TPSA) is 50.7 Å². The molecule has 0 bridgehead atoms. The Hall–Kier alpha value is -1.02. The highest BCUT2D eigenvalue weighted by Crippen LogP contribution is 2.13. The van der Waals surface area contributed by atoms with E-state index in [2.05, 4.69) is 32.3 Å². The molecule has 0 radical (unpaired) electrons. The van der Waals surface area contributed by atoms with Crippen molar-refractivity contribution in [3.05, 3.63) is 0 Å². The highest BCUT2D eigenvalue weighted by Gasteiger charge is 2.26. The van der Waals surface area contributed by atoms with Gasteiger partial charge in [0, 0.05) is 6.42 Å². The molecule has 1 unspecified atom stereocenters. The number of amides is 1. The highest BCUT2D eigenvalue weighted by molar-refractivity contribution is 9.18. The molecule has 0 saturated heterocycles. The van der Waals surface area contributed by atoms with E-state index in [1.165, 1.54) is 0 Å². The van der Waals surface area contributed by atoms with Crippen molar-refractivity contribution in [3.63, 3.8) is 0 Å². The van der Waals surface area contributed by atoms with Crippen molar-refractivity contribution in [2.24, 2.45) is 5.16 Å². The SMILES string of the molecule is C#CCNC(=O)C1CC(Br)=NO1. The van der Waals surface area contributed by atoms with Crippen LogP contribution in [-0.2, 0) is 9.63 Å². The van der Waals surface area contributed by atoms with Crippen LogP contribution in [0.3, 0.4) is 0 Å². The lowest BCUT2D eigenvalue weighted by Crippen LogP contribution is -2.34. The van der Waals surface area contributed by atoms with E-state index >= 15 is 0 Å². The van der Waals surface area contributed by atoms with Crippen molar-refractivity contribution in [3.8, 4) is 12.3 Å². The maximum absolute atomic E-state index is 11.1. The second-order valence-electron chi connectivity index (χ2n) is 2.19. The van der Waals surface area contributed by atoms with Crippen LogP contribution in [0.25, 0.3) is 0 Å². The molecule has 5 heteroatoms. The molecule has 1 N–H and O–H groups in total. The van der Waals surface area contributed by atoms with Crippen LogP contribution in [0, 0.1) is 12.3 Å². The fourth-order valence-electron chi connectivity index (χ4n) is 0.741. The summed E-state index contributed by atoms with van der Waals surface area (Å²) in [5.74, 6) is 2.07. The van der Waals surface area contributed by atoms with Crippen LogP contribution in [0.4, 0.5) is 0 Å². The van der Waals surface area contributed by atoms with Crippen LogP contribution in [0.1, 0.15) is 6.42 Å². The molecule has 64 valence electrons. The lowest BCUT2D eigenvalue weighted by molar-refractivity contribution is -0.130. The van der Waals surface area contributed by atoms with E-state index in [0.29, 0.717) is 11.0 Å². The molecule has 0 fully saturated rings. The number of rotatable bonds is 2. The van der Waals surface area contributed by atoms with Crippen molar-refractivity contribution in [1.82, 2.24) is 5.32 Å². The zero-order chi connectivity index (χ0) is 8.97. The van der Waals surface area contributed by atoms with Crippen molar-refractivity contribution in [2.45, 2.75) is 12.5 Å². The van der Waals surface area contributed by atoms with Crippen LogP contribution in [0.15, 0.2) is 5.16 Å². The smallest absolute Gasteiger partial charge is 0.265 e. The summed E-state index contributed by atoms with van der Waals surface area (Å²) in [7, 11) is 0. The second-order valence-corrected chi connectivity index (χ2v) is 3.10. The van der Waals surface area contributed by atoms with Crippen LogP contribution >= 0.6 is 15.9 Å². The first-order valence-corrected chi connectivity index (χ1v) is 4.12. The minimum Gasteiger partial charge on any atom is -0.381 e. The van der Waals surface area contributed by atoms with E-state index in [0.717, 1.165) is 0 Å². The number of hydrogen-bond donors (Lipinski definition) is 1. The molecule has 0 aromatic rings. The van der Waals surface area contributed by atoms with Crippen LogP contribution in [0.5, 0.6) is 0 Å². The lowest BCUT2D eigenvalue weighted by Gasteiger charge is -2.05. The number of carbonyl (C=O) groups is 1. The van der Waals surface area contributed by atoms with Crippen molar-refractivity contribution in [1.29, 1.82) is 0 Å². The third kappa shape index (κ3) is 2.24. The molecular weight excluding hydrogens is 224 g/mol. The van der Waals surface area contributed by atoms with Gasteiger partial charge in [-0.15, -0.1) is 6.42 Å². The summed E-state index contributed by atoms with van der Waals surface area (Å²) in [4.78, 5) is 15.9. The Bertz CT molecular complexity index is 257. The van der Waals surface area contributed by atoms with Crippen LogP contribution < -0.4 is 5.32 Å². The average molecular weight is 231 g/mol. The predicted molar refractivity (Wildman–Crippen MR) is 47.7 cm³/mol. The van der Waals surface area contributed by atoms with Gasteiger partial charge in [0.25, 0.3) is 5.91 Å². The number of nitrogens with one attached hydrogen (secondary N) is 1. The quantitative estimate of drug-likeness (QED) is 0.691. The molecule has 1 rings (SSSR count). The summed E-state index contributed by atoms with van der Waals surface area (Å²) < 4.78 is 0.642. The van der Waals surface area contributed by atoms with Gasteiger partial charge in [0.05, 0.1) is 6.54 Å². The summed E-state index contributed by atoms with van der Waals surface area (Å²) in [6.45, 7) is 0.219. The fraction of sp³-hybridized carbons (Fsp3) is 0.429. The zero-order valence-corrected chi connectivity index (χ0v) is 7.80. The number of carbonyl (C=O) groups excluding carboxylic acids is 1. The van der Waals surface area contributed by atoms with E-state index in [1.807, 2.05) is 0 Å². The van der Waals surface area contributed by atoms with Gasteiger partial charge in [0.2, 0.25) is 6.10 Å². The highest BCUT2D eigenvalue weighted by atomic mass is 79.9. The molecule has 4 nitrogen and oxygen atoms in total. The summed E-state index contributed by atoms with van der Waals surface area (Å²) in [6.07, 6.45) is 4.89. The molecule has 1 heterocycles. The Labute approximate surface area is 78.5 Å². The van der Waals surface area contributed by atoms with E-state index in [9.17, 15) is 4.79 Å². The Morgan fingerprint density at radius 1 is 2.00 bits per heavy atom. The van der Waals surface area contributed by atoms with E-state index in [1.54, 1.807) is 0 Å². The van der Waals surface area contributed by atoms with Crippen molar-refractivity contribution >= 4 is 26.5 Å². The summed E-state index contributed by atoms with van der Waals surface area (Å²) in [5, 5.41) is 6.07. The second kappa shape index (κ2) is 4.12. The van der Waals surface area contributed by atoms with Gasteiger partial charge in [-0.25, -0.2) is 0 Å². The average Bonchev–Trinajstić information content (AvgIpc) is 2.47. The minimum absolute atomic E-state index is 0.219. The first-order valence-electron chi connectivity index (χ1n) is 3.33. The molecule has 1 aliphatic rings. The van der Waals surface area contributed by atoms with Crippen LogP contribution in [0.2, 0.25) is 0 Å². The normalized spacial score (nSPS) is 20.7. The number of oxime groups is 1. The molecule has 1 aliphatic heterocycles. The van der Waals surface area contributed by atoms with Crippen LogP contribution in [-0.4, -0.2) is 23.2 Å². The van der Waals surface area contributed by atoms with Gasteiger partial charge in [-0.2, -0.15) is 0 Å². The molecule has 0 saturated carbocycles. The lowest BCUT2D eigenvalue weighted by atomic mass is 10.2. The van der Waals surface area contributed by atoms with Gasteiger partial charge in [-0.05, 0) is 15.9 Å². The van der Waals surface area contributed by atoms with E-state index in [4.69, 9.17) is 11.3 Å². The Kier molecular flexibility index (Phi) is 3.11. The third-order valence-corrected chi connectivity index (χ3v) is 1.76. The molecule has 1 atom stereocenters. The Morgan fingerprint density at radius 2 is 2.75 bits per heavy atom. The van der Waals surface area contributed by atoms with Crippen molar-refractivity contribution in [2.75, 3.05) is 6.54 Å². The van der Waals surface area contributed by atoms with Gasteiger partial charge >= 0.3 is 0 Å². The zero-order valence-electron chi connectivity index (χ0n) is 6.21. The first kappa shape index (κ1) is 9.07. The summed E-state index contributed by atoms with van der Waals surface area (Å²) in [6, 6.07) is 0. The van der Waals surface area contributed by atoms with Gasteiger partial charge in [-0.1, -0.05) is 11.1 Å². The van der Waals surface area contributed by atoms with E-state index < -0.39 is 6.10 Å². The van der Waals surface area contributed by atoms with Gasteiger partial charge in [0.15, 0.2) is 0 Å². The summed E-state index contributed by atoms with van der Waals surface area (Å²) >= 11 is 3.12. The molecular formula is C7H7BrN2O2. The standard InChI is InChI=1S/C7H7BrN2O2/c1-2-3-9-7(11)5-4-6(8)10-12-5/h1,5H,3-4H2,(H,9,11). The maximum atomic E-state index is 11.1. The fourth-order valence-corrected chi connectivity index (χ4v) is 1.12. The Morgan fingerprint density at radius 3 is 3.25 bits per heavy atom. The maximum Gasteiger partial charge on any atom is 0.265 e.